The molecule has 1 aliphatic heterocycles. The van der Waals surface area contributed by atoms with Gasteiger partial charge in [-0.3, -0.25) is 0 Å². The number of nitrogens with one attached hydrogen (secondary N) is 1. The van der Waals surface area contributed by atoms with E-state index in [1.807, 2.05) is 24.0 Å². The highest BCUT2D eigenvalue weighted by Crippen LogP contribution is 2.26. The van der Waals surface area contributed by atoms with Gasteiger partial charge in [0, 0.05) is 44.1 Å². The summed E-state index contributed by atoms with van der Waals surface area (Å²) in [6.07, 6.45) is -3.19. The Bertz CT molecular complexity index is 1230. The van der Waals surface area contributed by atoms with Crippen LogP contribution in [0.3, 0.4) is 0 Å². The van der Waals surface area contributed by atoms with Gasteiger partial charge in [0.2, 0.25) is 16.0 Å². The number of halogens is 3. The number of ether oxygens (including phenoxy) is 1. The number of hydrogen-bond acceptors (Lipinski definition) is 8. The lowest BCUT2D eigenvalue weighted by molar-refractivity contribution is -0.274. The molecule has 1 saturated heterocycles. The number of aromatic nitrogens is 3. The first-order chi connectivity index (χ1) is 16.1. The molecule has 1 N–H and O–H groups in total. The fraction of sp³-hybridized carbons (Fsp3) is 0.286. The largest absolute Gasteiger partial charge is 0.573 e. The predicted octanol–water partition coefficient (Wildman–Crippen LogP) is 3.33. The van der Waals surface area contributed by atoms with E-state index in [1.165, 1.54) is 4.31 Å². The van der Waals surface area contributed by atoms with Gasteiger partial charge >= 0.3 is 6.36 Å². The van der Waals surface area contributed by atoms with E-state index in [4.69, 9.17) is 0 Å². The normalized spacial score (nSPS) is 15.2. The third-order valence-corrected chi connectivity index (χ3v) is 6.89. The third kappa shape index (κ3) is 5.72. The summed E-state index contributed by atoms with van der Waals surface area (Å²) >= 11 is 0. The highest BCUT2D eigenvalue weighted by molar-refractivity contribution is 7.89. The smallest absolute Gasteiger partial charge is 0.406 e. The van der Waals surface area contributed by atoms with Crippen molar-refractivity contribution in [3.05, 3.63) is 60.4 Å². The maximum Gasteiger partial charge on any atom is 0.573 e. The number of piperazine rings is 1. The maximum absolute atomic E-state index is 12.9. The van der Waals surface area contributed by atoms with Crippen LogP contribution in [0.15, 0.2) is 59.6 Å². The minimum Gasteiger partial charge on any atom is -0.406 e. The second kappa shape index (κ2) is 9.43. The molecular weight excluding hydrogens is 473 g/mol. The van der Waals surface area contributed by atoms with Crippen LogP contribution in [-0.2, 0) is 10.0 Å². The molecule has 1 aromatic carbocycles. The van der Waals surface area contributed by atoms with Crippen LogP contribution in [-0.4, -0.2) is 60.2 Å². The van der Waals surface area contributed by atoms with Crippen LogP contribution in [0, 0.1) is 6.92 Å². The zero-order valence-corrected chi connectivity index (χ0v) is 18.8. The van der Waals surface area contributed by atoms with E-state index in [0.29, 0.717) is 30.7 Å². The lowest BCUT2D eigenvalue weighted by Gasteiger charge is -2.34. The standard InChI is InChI=1S/C21H21F3N6O3S/c1-15-14-19(27-18-4-2-3-9-25-18)28-20(26-15)29-10-12-30(13-11-29)34(31,32)17-7-5-16(6-8-17)33-21(22,23)24/h2-9,14H,10-13H2,1H3,(H,25,26,27,28). The van der Waals surface area contributed by atoms with Gasteiger partial charge in [-0.05, 0) is 43.3 Å². The highest BCUT2D eigenvalue weighted by Gasteiger charge is 2.32. The lowest BCUT2D eigenvalue weighted by Crippen LogP contribution is -2.49. The Morgan fingerprint density at radius 1 is 0.971 bits per heavy atom. The fourth-order valence-corrected chi connectivity index (χ4v) is 4.84. The average molecular weight is 494 g/mol. The van der Waals surface area contributed by atoms with Gasteiger partial charge in [0.15, 0.2) is 0 Å². The zero-order chi connectivity index (χ0) is 24.3. The number of nitrogens with zero attached hydrogens (tertiary/aromatic N) is 5. The first-order valence-electron chi connectivity index (χ1n) is 10.2. The summed E-state index contributed by atoms with van der Waals surface area (Å²) in [5.41, 5.74) is 0.736. The number of benzene rings is 1. The molecule has 4 rings (SSSR count). The maximum atomic E-state index is 12.9. The Morgan fingerprint density at radius 3 is 2.29 bits per heavy atom. The fourth-order valence-electron chi connectivity index (χ4n) is 3.42. The highest BCUT2D eigenvalue weighted by atomic mass is 32.2. The van der Waals surface area contributed by atoms with E-state index < -0.39 is 22.1 Å². The minimum absolute atomic E-state index is 0.107. The summed E-state index contributed by atoms with van der Waals surface area (Å²) in [5.74, 6) is 1.18. The van der Waals surface area contributed by atoms with E-state index >= 15 is 0 Å². The average Bonchev–Trinajstić information content (AvgIpc) is 2.79. The lowest BCUT2D eigenvalue weighted by atomic mass is 10.3. The third-order valence-electron chi connectivity index (χ3n) is 4.98. The monoisotopic (exact) mass is 494 g/mol. The van der Waals surface area contributed by atoms with Crippen molar-refractivity contribution in [2.75, 3.05) is 36.4 Å². The first-order valence-corrected chi connectivity index (χ1v) is 11.7. The van der Waals surface area contributed by atoms with Crippen LogP contribution in [0.2, 0.25) is 0 Å². The van der Waals surface area contributed by atoms with Crippen molar-refractivity contribution in [1.82, 2.24) is 19.3 Å². The molecule has 3 aromatic rings. The van der Waals surface area contributed by atoms with Gasteiger partial charge < -0.3 is 15.0 Å². The molecule has 0 aliphatic carbocycles. The van der Waals surface area contributed by atoms with Crippen molar-refractivity contribution in [2.45, 2.75) is 18.2 Å². The van der Waals surface area contributed by atoms with Crippen molar-refractivity contribution < 1.29 is 26.3 Å². The summed E-state index contributed by atoms with van der Waals surface area (Å²) in [7, 11) is -3.88. The van der Waals surface area contributed by atoms with Gasteiger partial charge in [-0.1, -0.05) is 6.07 Å². The molecule has 180 valence electrons. The Kier molecular flexibility index (Phi) is 6.57. The summed E-state index contributed by atoms with van der Waals surface area (Å²) in [6.45, 7) is 2.87. The Hall–Kier alpha value is -3.45. The predicted molar refractivity (Wildman–Crippen MR) is 118 cm³/mol. The number of pyridine rings is 1. The van der Waals surface area contributed by atoms with Crippen LogP contribution in [0.1, 0.15) is 5.69 Å². The summed E-state index contributed by atoms with van der Waals surface area (Å²) in [5, 5.41) is 3.12. The van der Waals surface area contributed by atoms with Crippen molar-refractivity contribution in [3.8, 4) is 5.75 Å². The van der Waals surface area contributed by atoms with E-state index in [0.717, 1.165) is 30.0 Å². The second-order valence-corrected chi connectivity index (χ2v) is 9.38. The van der Waals surface area contributed by atoms with Crippen LogP contribution < -0.4 is 15.0 Å². The van der Waals surface area contributed by atoms with Crippen LogP contribution in [0.25, 0.3) is 0 Å². The molecular formula is C21H21F3N6O3S. The van der Waals surface area contributed by atoms with Gasteiger partial charge in [-0.2, -0.15) is 9.29 Å². The van der Waals surface area contributed by atoms with E-state index in [9.17, 15) is 21.6 Å². The molecule has 2 aromatic heterocycles. The van der Waals surface area contributed by atoms with Crippen molar-refractivity contribution in [3.63, 3.8) is 0 Å². The molecule has 0 saturated carbocycles. The van der Waals surface area contributed by atoms with Crippen LogP contribution in [0.4, 0.5) is 30.8 Å². The molecule has 9 nitrogen and oxygen atoms in total. The molecule has 1 fully saturated rings. The zero-order valence-electron chi connectivity index (χ0n) is 18.0. The molecule has 1 aliphatic rings. The Morgan fingerprint density at radius 2 is 1.68 bits per heavy atom. The van der Waals surface area contributed by atoms with Crippen LogP contribution in [0.5, 0.6) is 5.75 Å². The number of rotatable bonds is 6. The SMILES string of the molecule is Cc1cc(Nc2ccccn2)nc(N2CCN(S(=O)(=O)c3ccc(OC(F)(F)F)cc3)CC2)n1. The molecule has 0 radical (unpaired) electrons. The summed E-state index contributed by atoms with van der Waals surface area (Å²) in [4.78, 5) is 15.0. The molecule has 0 unspecified atom stereocenters. The Balaban J connectivity index is 1.43. The van der Waals surface area contributed by atoms with Gasteiger partial charge in [0.25, 0.3) is 0 Å². The van der Waals surface area contributed by atoms with Crippen molar-refractivity contribution in [1.29, 1.82) is 0 Å². The quantitative estimate of drug-likeness (QED) is 0.557. The minimum atomic E-state index is -4.85. The van der Waals surface area contributed by atoms with Gasteiger partial charge in [-0.15, -0.1) is 13.2 Å². The second-order valence-electron chi connectivity index (χ2n) is 7.44. The van der Waals surface area contributed by atoms with E-state index in [-0.39, 0.29) is 18.0 Å². The van der Waals surface area contributed by atoms with E-state index in [2.05, 4.69) is 25.0 Å². The number of sulfonamides is 1. The van der Waals surface area contributed by atoms with Gasteiger partial charge in [-0.25, -0.2) is 18.4 Å². The van der Waals surface area contributed by atoms with Gasteiger partial charge in [0.1, 0.15) is 17.4 Å². The summed E-state index contributed by atoms with van der Waals surface area (Å²) < 4.78 is 67.9. The molecule has 0 bridgehead atoms. The molecule has 3 heterocycles. The van der Waals surface area contributed by atoms with Gasteiger partial charge in [0.05, 0.1) is 4.90 Å². The van der Waals surface area contributed by atoms with Crippen LogP contribution >= 0.6 is 0 Å². The first kappa shape index (κ1) is 23.7. The molecule has 0 spiro atoms. The number of anilines is 3. The topological polar surface area (TPSA) is 101 Å². The molecule has 0 atom stereocenters. The molecule has 0 amide bonds. The number of hydrogen-bond donors (Lipinski definition) is 1. The number of aryl methyl sites for hydroxylation is 1. The van der Waals surface area contributed by atoms with E-state index in [1.54, 1.807) is 18.3 Å². The molecule has 13 heteroatoms. The van der Waals surface area contributed by atoms with Crippen molar-refractivity contribution in [2.24, 2.45) is 0 Å². The Labute approximate surface area is 194 Å². The number of alkyl halides is 3. The van der Waals surface area contributed by atoms with Crippen molar-refractivity contribution >= 4 is 27.6 Å². The summed E-state index contributed by atoms with van der Waals surface area (Å²) in [6, 6.07) is 11.4. The molecule has 34 heavy (non-hydrogen) atoms.